The molecule has 3 rings (SSSR count). The summed E-state index contributed by atoms with van der Waals surface area (Å²) in [7, 11) is 0. The Balaban J connectivity index is 1.52. The zero-order valence-electron chi connectivity index (χ0n) is 20.2. The van der Waals surface area contributed by atoms with Crippen LogP contribution >= 0.6 is 0 Å². The van der Waals surface area contributed by atoms with Crippen LogP contribution < -0.4 is 4.74 Å². The lowest BCUT2D eigenvalue weighted by Gasteiger charge is -2.27. The number of aromatic nitrogens is 2. The maximum atomic E-state index is 12.4. The van der Waals surface area contributed by atoms with Crippen molar-refractivity contribution >= 4 is 12.1 Å². The minimum Gasteiger partial charge on any atom is -0.493 e. The number of carbonyl (C=O) groups excluding carboxylic acids is 1. The average molecular weight is 482 g/mol. The number of ether oxygens (including phenoxy) is 2. The molecule has 1 aromatic heterocycles. The third-order valence-electron chi connectivity index (χ3n) is 5.21. The van der Waals surface area contributed by atoms with Gasteiger partial charge in [-0.2, -0.15) is 4.98 Å². The maximum absolute atomic E-state index is 12.4. The minimum atomic E-state index is -1.10. The Morgan fingerprint density at radius 3 is 2.43 bits per heavy atom. The first kappa shape index (κ1) is 25.7. The van der Waals surface area contributed by atoms with Gasteiger partial charge in [-0.3, -0.25) is 9.69 Å². The first-order valence-corrected chi connectivity index (χ1v) is 11.5. The monoisotopic (exact) mass is 481 g/mol. The third-order valence-corrected chi connectivity index (χ3v) is 5.21. The summed E-state index contributed by atoms with van der Waals surface area (Å²) in [5.74, 6) is 0.820. The molecule has 3 aromatic rings. The van der Waals surface area contributed by atoms with Crippen LogP contribution in [0.5, 0.6) is 5.75 Å². The van der Waals surface area contributed by atoms with Crippen molar-refractivity contribution in [1.29, 1.82) is 0 Å². The Labute approximate surface area is 204 Å². The van der Waals surface area contributed by atoms with Crippen molar-refractivity contribution in [2.75, 3.05) is 19.8 Å². The third kappa shape index (κ3) is 8.13. The molecule has 1 amide bonds. The highest BCUT2D eigenvalue weighted by molar-refractivity contribution is 5.77. The second-order valence-corrected chi connectivity index (χ2v) is 8.60. The molecule has 9 nitrogen and oxygen atoms in total. The average Bonchev–Trinajstić information content (AvgIpc) is 3.28. The molecule has 1 atom stereocenters. The highest BCUT2D eigenvalue weighted by atomic mass is 16.6. The molecule has 1 N–H and O–H groups in total. The lowest BCUT2D eigenvalue weighted by Crippen LogP contribution is -2.38. The summed E-state index contributed by atoms with van der Waals surface area (Å²) in [5.41, 5.74) is 1.87. The summed E-state index contributed by atoms with van der Waals surface area (Å²) in [6.07, 6.45) is 0.420. The van der Waals surface area contributed by atoms with Crippen LogP contribution in [0.3, 0.4) is 0 Å². The predicted molar refractivity (Wildman–Crippen MR) is 128 cm³/mol. The zero-order valence-corrected chi connectivity index (χ0v) is 20.2. The lowest BCUT2D eigenvalue weighted by atomic mass is 10.1. The Hall–Kier alpha value is -3.88. The zero-order chi connectivity index (χ0) is 25.2. The van der Waals surface area contributed by atoms with E-state index in [9.17, 15) is 14.7 Å². The molecule has 0 radical (unpaired) electrons. The van der Waals surface area contributed by atoms with E-state index in [1.54, 1.807) is 31.2 Å². The van der Waals surface area contributed by atoms with E-state index in [4.69, 9.17) is 14.0 Å². The highest BCUT2D eigenvalue weighted by Gasteiger charge is 2.25. The van der Waals surface area contributed by atoms with Crippen LogP contribution in [0.4, 0.5) is 4.79 Å². The SMILES string of the molecule is CC(C)COC(=O)N(CC(=O)O)[C@@H](C)c1ccc(OCCc2noc(Cc3ccccc3)n2)cc1. The van der Waals surface area contributed by atoms with Gasteiger partial charge in [0.05, 0.1) is 25.7 Å². The van der Waals surface area contributed by atoms with Gasteiger partial charge in [0, 0.05) is 6.42 Å². The molecule has 2 aromatic carbocycles. The fraction of sp³-hybridized carbons (Fsp3) is 0.385. The van der Waals surface area contributed by atoms with Gasteiger partial charge in [0.2, 0.25) is 5.89 Å². The van der Waals surface area contributed by atoms with Gasteiger partial charge in [0.25, 0.3) is 0 Å². The van der Waals surface area contributed by atoms with Crippen LogP contribution in [-0.4, -0.2) is 52.0 Å². The number of benzene rings is 2. The molecule has 0 aliphatic heterocycles. The Bertz CT molecular complexity index is 1080. The van der Waals surface area contributed by atoms with Crippen molar-refractivity contribution in [2.45, 2.75) is 39.7 Å². The van der Waals surface area contributed by atoms with E-state index in [2.05, 4.69) is 10.1 Å². The molecule has 0 fully saturated rings. The summed E-state index contributed by atoms with van der Waals surface area (Å²) >= 11 is 0. The molecular formula is C26H31N3O6. The molecule has 9 heteroatoms. The Kier molecular flexibility index (Phi) is 9.23. The van der Waals surface area contributed by atoms with E-state index in [1.807, 2.05) is 44.2 Å². The van der Waals surface area contributed by atoms with Gasteiger partial charge in [0.1, 0.15) is 12.3 Å². The second-order valence-electron chi connectivity index (χ2n) is 8.60. The van der Waals surface area contributed by atoms with Crippen molar-refractivity contribution in [2.24, 2.45) is 5.92 Å². The number of hydrogen-bond donors (Lipinski definition) is 1. The standard InChI is InChI=1S/C26H31N3O6/c1-18(2)17-34-26(32)29(16-25(30)31)19(3)21-9-11-22(12-10-21)33-14-13-23-27-24(35-28-23)15-20-7-5-4-6-8-20/h4-12,18-19H,13-17H2,1-3H3,(H,30,31)/t19-/m0/s1. The molecule has 1 heterocycles. The van der Waals surface area contributed by atoms with E-state index >= 15 is 0 Å². The molecule has 0 aliphatic rings. The summed E-state index contributed by atoms with van der Waals surface area (Å²) in [4.78, 5) is 29.3. The Morgan fingerprint density at radius 1 is 1.06 bits per heavy atom. The van der Waals surface area contributed by atoms with Crippen molar-refractivity contribution in [1.82, 2.24) is 15.0 Å². The normalized spacial score (nSPS) is 11.8. The van der Waals surface area contributed by atoms with E-state index < -0.39 is 24.6 Å². The van der Waals surface area contributed by atoms with Gasteiger partial charge in [-0.05, 0) is 36.1 Å². The van der Waals surface area contributed by atoms with Crippen LogP contribution in [0.1, 0.15) is 49.7 Å². The van der Waals surface area contributed by atoms with E-state index in [0.717, 1.165) is 11.1 Å². The van der Waals surface area contributed by atoms with E-state index in [0.29, 0.717) is 36.9 Å². The largest absolute Gasteiger partial charge is 0.493 e. The summed E-state index contributed by atoms with van der Waals surface area (Å²) in [6, 6.07) is 16.6. The first-order chi connectivity index (χ1) is 16.8. The number of nitrogens with zero attached hydrogens (tertiary/aromatic N) is 3. The second kappa shape index (κ2) is 12.5. The maximum Gasteiger partial charge on any atom is 0.410 e. The molecule has 0 bridgehead atoms. The number of rotatable bonds is 12. The van der Waals surface area contributed by atoms with Crippen LogP contribution in [0.25, 0.3) is 0 Å². The lowest BCUT2D eigenvalue weighted by molar-refractivity contribution is -0.138. The summed E-state index contributed by atoms with van der Waals surface area (Å²) < 4.78 is 16.3. The van der Waals surface area contributed by atoms with Crippen molar-refractivity contribution in [3.8, 4) is 5.75 Å². The molecule has 186 valence electrons. The molecule has 0 saturated carbocycles. The van der Waals surface area contributed by atoms with Crippen LogP contribution in [0, 0.1) is 5.92 Å². The number of hydrogen-bond acceptors (Lipinski definition) is 7. The summed E-state index contributed by atoms with van der Waals surface area (Å²) in [6.45, 7) is 5.74. The molecule has 0 aliphatic carbocycles. The van der Waals surface area contributed by atoms with Crippen molar-refractivity contribution in [3.63, 3.8) is 0 Å². The number of carboxylic acid groups (broad SMARTS) is 1. The van der Waals surface area contributed by atoms with Gasteiger partial charge in [-0.1, -0.05) is 61.5 Å². The van der Waals surface area contributed by atoms with Crippen molar-refractivity contribution < 1.29 is 28.7 Å². The fourth-order valence-electron chi connectivity index (χ4n) is 3.34. The number of carboxylic acids is 1. The molecule has 0 unspecified atom stereocenters. The van der Waals surface area contributed by atoms with E-state index in [-0.39, 0.29) is 12.5 Å². The number of carbonyl (C=O) groups is 2. The molecule has 0 saturated heterocycles. The predicted octanol–water partition coefficient (Wildman–Crippen LogP) is 4.52. The fourth-order valence-corrected chi connectivity index (χ4v) is 3.34. The van der Waals surface area contributed by atoms with Crippen LogP contribution in [-0.2, 0) is 22.4 Å². The van der Waals surface area contributed by atoms with Gasteiger partial charge in [-0.25, -0.2) is 4.79 Å². The quantitative estimate of drug-likeness (QED) is 0.401. The van der Waals surface area contributed by atoms with Crippen LogP contribution in [0.15, 0.2) is 59.1 Å². The highest BCUT2D eigenvalue weighted by Crippen LogP contribution is 2.24. The van der Waals surface area contributed by atoms with Crippen molar-refractivity contribution in [3.05, 3.63) is 77.4 Å². The van der Waals surface area contributed by atoms with Crippen LogP contribution in [0.2, 0.25) is 0 Å². The topological polar surface area (TPSA) is 115 Å². The van der Waals surface area contributed by atoms with Gasteiger partial charge in [0.15, 0.2) is 5.82 Å². The van der Waals surface area contributed by atoms with Gasteiger partial charge in [-0.15, -0.1) is 0 Å². The smallest absolute Gasteiger partial charge is 0.410 e. The minimum absolute atomic E-state index is 0.153. The Morgan fingerprint density at radius 2 is 1.77 bits per heavy atom. The molecular weight excluding hydrogens is 450 g/mol. The van der Waals surface area contributed by atoms with E-state index in [1.165, 1.54) is 4.90 Å². The first-order valence-electron chi connectivity index (χ1n) is 11.5. The molecule has 35 heavy (non-hydrogen) atoms. The van der Waals surface area contributed by atoms with Gasteiger partial charge >= 0.3 is 12.1 Å². The van der Waals surface area contributed by atoms with Gasteiger partial charge < -0.3 is 19.1 Å². The summed E-state index contributed by atoms with van der Waals surface area (Å²) in [5, 5.41) is 13.2. The molecule has 0 spiro atoms. The number of amides is 1. The number of aliphatic carboxylic acids is 1.